The van der Waals surface area contributed by atoms with Crippen LogP contribution in [0.25, 0.3) is 11.1 Å². The molecule has 0 aromatic heterocycles. The smallest absolute Gasteiger partial charge is 0.252 e. The van der Waals surface area contributed by atoms with Crippen molar-refractivity contribution < 1.29 is 18.3 Å². The summed E-state index contributed by atoms with van der Waals surface area (Å²) in [6.07, 6.45) is 5.17. The molecule has 1 unspecified atom stereocenters. The predicted octanol–water partition coefficient (Wildman–Crippen LogP) is 7.18. The molecule has 1 fully saturated rings. The van der Waals surface area contributed by atoms with E-state index in [1.54, 1.807) is 0 Å². The summed E-state index contributed by atoms with van der Waals surface area (Å²) in [6, 6.07) is 13.1. The van der Waals surface area contributed by atoms with E-state index in [2.05, 4.69) is 23.3 Å². The highest BCUT2D eigenvalue weighted by Gasteiger charge is 2.23. The molecule has 2 aromatic rings. The van der Waals surface area contributed by atoms with E-state index < -0.39 is 12.5 Å². The number of alkyl halides is 2. The van der Waals surface area contributed by atoms with Gasteiger partial charge < -0.3 is 15.0 Å². The standard InChI is InChI=1S/C30H40F2N2O2S/c1-21-9-7-8-12-24(21)26-19-23(20-34(2)18-17-22-10-5-4-6-11-22)13-14-25(26)29(35)33-27(30(37)36-3)15-16-28(31)32/h7-9,12-14,19,22,27-28H,4-6,10-11,15-18,20H2,1-3H3,(H,33,35). The lowest BCUT2D eigenvalue weighted by molar-refractivity contribution is 0.0929. The average Bonchev–Trinajstić information content (AvgIpc) is 2.90. The number of aryl methyl sites for hydroxylation is 1. The molecule has 0 saturated heterocycles. The molecule has 1 saturated carbocycles. The van der Waals surface area contributed by atoms with E-state index in [4.69, 9.17) is 17.0 Å². The van der Waals surface area contributed by atoms with Crippen LogP contribution in [0.4, 0.5) is 8.78 Å². The Hall–Kier alpha value is -2.38. The van der Waals surface area contributed by atoms with E-state index in [9.17, 15) is 13.6 Å². The number of nitrogens with zero attached hydrogens (tertiary/aromatic N) is 1. The number of halogens is 2. The number of amides is 1. The second-order valence-electron chi connectivity index (χ2n) is 10.2. The first-order valence-corrected chi connectivity index (χ1v) is 13.7. The molecule has 2 aromatic carbocycles. The molecule has 1 aliphatic rings. The second-order valence-corrected chi connectivity index (χ2v) is 10.6. The van der Waals surface area contributed by atoms with Gasteiger partial charge in [0, 0.05) is 18.5 Å². The SMILES string of the molecule is COC(=S)C(CCC(F)F)NC(=O)c1ccc(CN(C)CCC2CCCCC2)cc1-c1ccccc1C. The van der Waals surface area contributed by atoms with Crippen LogP contribution in [0.1, 0.15) is 72.9 Å². The van der Waals surface area contributed by atoms with E-state index in [0.717, 1.165) is 41.3 Å². The monoisotopic (exact) mass is 530 g/mol. The van der Waals surface area contributed by atoms with Gasteiger partial charge in [-0.1, -0.05) is 62.4 Å². The molecule has 0 aliphatic heterocycles. The molecule has 7 heteroatoms. The van der Waals surface area contributed by atoms with Crippen molar-refractivity contribution in [2.75, 3.05) is 20.7 Å². The second kappa shape index (κ2) is 14.5. The first-order chi connectivity index (χ1) is 17.8. The number of methoxy groups -OCH3 is 1. The lowest BCUT2D eigenvalue weighted by Gasteiger charge is -2.25. The molecule has 1 amide bonds. The normalized spacial score (nSPS) is 15.1. The zero-order chi connectivity index (χ0) is 26.8. The zero-order valence-corrected chi connectivity index (χ0v) is 23.1. The van der Waals surface area contributed by atoms with Crippen molar-refractivity contribution in [3.8, 4) is 11.1 Å². The van der Waals surface area contributed by atoms with Gasteiger partial charge in [-0.2, -0.15) is 0 Å². The number of ether oxygens (including phenoxy) is 1. The molecule has 0 bridgehead atoms. The molecule has 1 N–H and O–H groups in total. The van der Waals surface area contributed by atoms with E-state index in [-0.39, 0.29) is 23.8 Å². The van der Waals surface area contributed by atoms with Crippen LogP contribution in [-0.2, 0) is 11.3 Å². The van der Waals surface area contributed by atoms with Crippen LogP contribution in [0.3, 0.4) is 0 Å². The van der Waals surface area contributed by atoms with Crippen LogP contribution in [0.5, 0.6) is 0 Å². The number of carbonyl (C=O) groups excluding carboxylic acids is 1. The quantitative estimate of drug-likeness (QED) is 0.295. The Morgan fingerprint density at radius 2 is 1.84 bits per heavy atom. The Labute approximate surface area is 225 Å². The van der Waals surface area contributed by atoms with Crippen molar-refractivity contribution in [3.63, 3.8) is 0 Å². The minimum Gasteiger partial charge on any atom is -0.488 e. The molecule has 0 heterocycles. The molecular weight excluding hydrogens is 490 g/mol. The molecule has 0 spiro atoms. The Kier molecular flexibility index (Phi) is 11.5. The number of hydrogen-bond donors (Lipinski definition) is 1. The van der Waals surface area contributed by atoms with E-state index in [0.29, 0.717) is 5.56 Å². The van der Waals surface area contributed by atoms with E-state index >= 15 is 0 Å². The largest absolute Gasteiger partial charge is 0.488 e. The van der Waals surface area contributed by atoms with Crippen LogP contribution in [0, 0.1) is 12.8 Å². The average molecular weight is 531 g/mol. The van der Waals surface area contributed by atoms with Crippen molar-refractivity contribution in [3.05, 3.63) is 59.2 Å². The fourth-order valence-electron chi connectivity index (χ4n) is 5.18. The molecule has 37 heavy (non-hydrogen) atoms. The maximum atomic E-state index is 13.4. The van der Waals surface area contributed by atoms with E-state index in [1.165, 1.54) is 45.6 Å². The minimum atomic E-state index is -2.48. The lowest BCUT2D eigenvalue weighted by Crippen LogP contribution is -2.41. The van der Waals surface area contributed by atoms with Gasteiger partial charge in [0.1, 0.15) is 0 Å². The van der Waals surface area contributed by atoms with Gasteiger partial charge in [-0.15, -0.1) is 0 Å². The maximum absolute atomic E-state index is 13.4. The summed E-state index contributed by atoms with van der Waals surface area (Å²) in [5.41, 5.74) is 4.47. The molecule has 1 atom stereocenters. The van der Waals surface area contributed by atoms with Crippen LogP contribution >= 0.6 is 12.2 Å². The molecule has 4 nitrogen and oxygen atoms in total. The highest BCUT2D eigenvalue weighted by atomic mass is 32.1. The van der Waals surface area contributed by atoms with Gasteiger partial charge in [-0.25, -0.2) is 8.78 Å². The molecule has 1 aliphatic carbocycles. The van der Waals surface area contributed by atoms with Gasteiger partial charge >= 0.3 is 0 Å². The molecule has 0 radical (unpaired) electrons. The first kappa shape index (κ1) is 29.2. The van der Waals surface area contributed by atoms with E-state index in [1.807, 2.05) is 43.3 Å². The Bertz CT molecular complexity index is 1040. The topological polar surface area (TPSA) is 41.6 Å². The third-order valence-corrected chi connectivity index (χ3v) is 7.78. The number of thiocarbonyl (C=S) groups is 1. The number of nitrogens with one attached hydrogen (secondary N) is 1. The summed E-state index contributed by atoms with van der Waals surface area (Å²) in [4.78, 5) is 15.8. The first-order valence-electron chi connectivity index (χ1n) is 13.3. The van der Waals surface area contributed by atoms with Crippen LogP contribution < -0.4 is 5.32 Å². The van der Waals surface area contributed by atoms with Gasteiger partial charge in [-0.05, 0) is 85.9 Å². The van der Waals surface area contributed by atoms with Crippen LogP contribution in [-0.4, -0.2) is 49.0 Å². The fraction of sp³-hybridized carbons (Fsp3) is 0.533. The van der Waals surface area contributed by atoms with Gasteiger partial charge in [-0.3, -0.25) is 4.79 Å². The highest BCUT2D eigenvalue weighted by Crippen LogP contribution is 2.30. The summed E-state index contributed by atoms with van der Waals surface area (Å²) in [5.74, 6) is 0.482. The van der Waals surface area contributed by atoms with Gasteiger partial charge in [0.15, 0.2) is 5.05 Å². The predicted molar refractivity (Wildman–Crippen MR) is 150 cm³/mol. The summed E-state index contributed by atoms with van der Waals surface area (Å²) in [6.45, 7) is 3.86. The fourth-order valence-corrected chi connectivity index (χ4v) is 5.35. The number of benzene rings is 2. The molecule has 3 rings (SSSR count). The Balaban J connectivity index is 1.81. The Morgan fingerprint density at radius 3 is 2.51 bits per heavy atom. The maximum Gasteiger partial charge on any atom is 0.252 e. The highest BCUT2D eigenvalue weighted by molar-refractivity contribution is 7.80. The lowest BCUT2D eigenvalue weighted by atomic mass is 9.87. The third kappa shape index (κ3) is 8.85. The van der Waals surface area contributed by atoms with Crippen molar-refractivity contribution in [1.29, 1.82) is 0 Å². The minimum absolute atomic E-state index is 0.0135. The van der Waals surface area contributed by atoms with Gasteiger partial charge in [0.25, 0.3) is 5.91 Å². The molecular formula is C30H40F2N2O2S. The summed E-state index contributed by atoms with van der Waals surface area (Å²) < 4.78 is 30.8. The molecule has 202 valence electrons. The van der Waals surface area contributed by atoms with Gasteiger partial charge in [0.2, 0.25) is 6.43 Å². The van der Waals surface area contributed by atoms with Crippen molar-refractivity contribution >= 4 is 23.2 Å². The van der Waals surface area contributed by atoms with Gasteiger partial charge in [0.05, 0.1) is 13.2 Å². The summed E-state index contributed by atoms with van der Waals surface area (Å²) in [7, 11) is 3.54. The van der Waals surface area contributed by atoms with Crippen molar-refractivity contribution in [2.24, 2.45) is 5.92 Å². The number of carbonyl (C=O) groups is 1. The van der Waals surface area contributed by atoms with Crippen LogP contribution in [0.2, 0.25) is 0 Å². The number of rotatable bonds is 12. The number of hydrogen-bond acceptors (Lipinski definition) is 4. The van der Waals surface area contributed by atoms with Crippen molar-refractivity contribution in [2.45, 2.75) is 77.3 Å². The summed E-state index contributed by atoms with van der Waals surface area (Å²) >= 11 is 5.20. The summed E-state index contributed by atoms with van der Waals surface area (Å²) in [5, 5.41) is 2.94. The Morgan fingerprint density at radius 1 is 1.11 bits per heavy atom. The van der Waals surface area contributed by atoms with Crippen LogP contribution in [0.15, 0.2) is 42.5 Å². The van der Waals surface area contributed by atoms with Crippen molar-refractivity contribution in [1.82, 2.24) is 10.2 Å². The third-order valence-electron chi connectivity index (χ3n) is 7.32. The zero-order valence-electron chi connectivity index (χ0n) is 22.3.